The van der Waals surface area contributed by atoms with Crippen molar-refractivity contribution in [1.29, 1.82) is 0 Å². The number of aromatic nitrogens is 3. The predicted octanol–water partition coefficient (Wildman–Crippen LogP) is 5.40. The molecule has 0 unspecified atom stereocenters. The first-order chi connectivity index (χ1) is 16.6. The Morgan fingerprint density at radius 3 is 2.40 bits per heavy atom. The second-order valence-corrected chi connectivity index (χ2v) is 7.65. The molecule has 0 aliphatic carbocycles. The third-order valence-electron chi connectivity index (χ3n) is 5.01. The van der Waals surface area contributed by atoms with E-state index in [0.717, 1.165) is 12.1 Å². The molecule has 2 heterocycles. The number of nitrogens with two attached hydrogens (primary N) is 1. The summed E-state index contributed by atoms with van der Waals surface area (Å²) in [6.45, 7) is 1.64. The molecular weight excluding hydrogens is 487 g/mol. The topological polar surface area (TPSA) is 112 Å². The molecule has 4 rings (SSSR count). The maximum atomic E-state index is 13.2. The second-order valence-electron chi connectivity index (χ2n) is 7.24. The minimum atomic E-state index is -4.53. The molecule has 0 saturated carbocycles. The number of halogens is 4. The third kappa shape index (κ3) is 4.62. The predicted molar refractivity (Wildman–Crippen MR) is 123 cm³/mol. The molecule has 0 aliphatic heterocycles. The number of hydrogen-bond donors (Lipinski definition) is 2. The van der Waals surface area contributed by atoms with Crippen LogP contribution in [0.3, 0.4) is 0 Å². The van der Waals surface area contributed by atoms with Gasteiger partial charge in [-0.05, 0) is 25.1 Å². The number of esters is 1. The Labute approximate surface area is 201 Å². The number of amides is 2. The maximum Gasteiger partial charge on any atom is 0.416 e. The molecule has 2 aromatic carbocycles. The molecule has 0 aliphatic rings. The largest absolute Gasteiger partial charge is 0.462 e. The lowest BCUT2D eigenvalue weighted by atomic mass is 9.99. The fourth-order valence-electron chi connectivity index (χ4n) is 3.55. The number of primary amides is 1. The van der Waals surface area contributed by atoms with E-state index in [9.17, 15) is 22.8 Å². The van der Waals surface area contributed by atoms with E-state index in [1.807, 2.05) is 0 Å². The van der Waals surface area contributed by atoms with Crippen LogP contribution >= 0.6 is 11.6 Å². The van der Waals surface area contributed by atoms with E-state index in [2.05, 4.69) is 15.4 Å². The summed E-state index contributed by atoms with van der Waals surface area (Å²) in [5.41, 5.74) is 5.79. The van der Waals surface area contributed by atoms with E-state index in [4.69, 9.17) is 22.1 Å². The lowest BCUT2D eigenvalue weighted by Crippen LogP contribution is -2.21. The van der Waals surface area contributed by atoms with Crippen molar-refractivity contribution in [1.82, 2.24) is 14.6 Å². The van der Waals surface area contributed by atoms with E-state index < -0.39 is 23.7 Å². The number of nitrogens with zero attached hydrogens (tertiary/aromatic N) is 3. The van der Waals surface area contributed by atoms with Crippen molar-refractivity contribution in [2.24, 2.45) is 5.73 Å². The minimum absolute atomic E-state index is 0.00194. The Balaban J connectivity index is 2.06. The molecule has 2 amide bonds. The van der Waals surface area contributed by atoms with Gasteiger partial charge in [-0.2, -0.15) is 13.2 Å². The van der Waals surface area contributed by atoms with Gasteiger partial charge in [0.15, 0.2) is 11.5 Å². The molecule has 0 saturated heterocycles. The highest BCUT2D eigenvalue weighted by molar-refractivity contribution is 6.33. The van der Waals surface area contributed by atoms with E-state index in [1.165, 1.54) is 22.8 Å². The van der Waals surface area contributed by atoms with E-state index in [1.54, 1.807) is 31.2 Å². The lowest BCUT2D eigenvalue weighted by molar-refractivity contribution is -0.137. The molecule has 12 heteroatoms. The van der Waals surface area contributed by atoms with Crippen molar-refractivity contribution >= 4 is 35.1 Å². The van der Waals surface area contributed by atoms with Crippen molar-refractivity contribution in [2.45, 2.75) is 13.1 Å². The van der Waals surface area contributed by atoms with Gasteiger partial charge in [-0.15, -0.1) is 5.10 Å². The quantitative estimate of drug-likeness (QED) is 0.354. The zero-order valence-corrected chi connectivity index (χ0v) is 18.8. The Hall–Kier alpha value is -4.12. The fourth-order valence-corrected chi connectivity index (χ4v) is 3.79. The fraction of sp³-hybridized carbons (Fsp3) is 0.130. The summed E-state index contributed by atoms with van der Waals surface area (Å²) < 4.78 is 45.8. The molecule has 0 fully saturated rings. The first-order valence-electron chi connectivity index (χ1n) is 10.2. The van der Waals surface area contributed by atoms with Crippen molar-refractivity contribution in [3.05, 3.63) is 70.9 Å². The molecular formula is C23H17ClF3N5O3. The van der Waals surface area contributed by atoms with Crippen LogP contribution in [0, 0.1) is 0 Å². The van der Waals surface area contributed by atoms with Gasteiger partial charge in [0.25, 0.3) is 0 Å². The summed E-state index contributed by atoms with van der Waals surface area (Å²) in [4.78, 5) is 28.6. The molecule has 3 N–H and O–H groups in total. The zero-order chi connectivity index (χ0) is 25.3. The first-order valence-corrected chi connectivity index (χ1v) is 10.6. The van der Waals surface area contributed by atoms with Crippen molar-refractivity contribution in [3.63, 3.8) is 0 Å². The second kappa shape index (κ2) is 9.26. The van der Waals surface area contributed by atoms with Crippen LogP contribution in [-0.2, 0) is 10.9 Å². The number of carbonyl (C=O) groups excluding carboxylic acids is 2. The summed E-state index contributed by atoms with van der Waals surface area (Å²) >= 11 is 6.40. The number of rotatable bonds is 5. The highest BCUT2D eigenvalue weighted by Gasteiger charge is 2.31. The van der Waals surface area contributed by atoms with Crippen LogP contribution in [0.5, 0.6) is 0 Å². The van der Waals surface area contributed by atoms with Crippen LogP contribution in [0.4, 0.5) is 23.8 Å². The van der Waals surface area contributed by atoms with Gasteiger partial charge in [-0.3, -0.25) is 5.32 Å². The number of anilines is 1. The summed E-state index contributed by atoms with van der Waals surface area (Å²) in [7, 11) is 0. The molecule has 35 heavy (non-hydrogen) atoms. The van der Waals surface area contributed by atoms with Gasteiger partial charge in [0, 0.05) is 27.9 Å². The zero-order valence-electron chi connectivity index (χ0n) is 18.1. The Morgan fingerprint density at radius 1 is 1.11 bits per heavy atom. The number of fused-ring (bicyclic) bond motifs is 1. The highest BCUT2D eigenvalue weighted by atomic mass is 35.5. The molecule has 0 spiro atoms. The van der Waals surface area contributed by atoms with Crippen LogP contribution in [-0.4, -0.2) is 33.2 Å². The SMILES string of the molecule is CCOC(=O)c1c(NC(N)=O)nn2c(-c3ccc(C(F)(F)F)cc3)c(-c3ccccc3Cl)cnc12. The van der Waals surface area contributed by atoms with Crippen molar-refractivity contribution in [2.75, 3.05) is 11.9 Å². The van der Waals surface area contributed by atoms with Gasteiger partial charge in [-0.1, -0.05) is 41.9 Å². The van der Waals surface area contributed by atoms with Gasteiger partial charge in [0.1, 0.15) is 5.56 Å². The van der Waals surface area contributed by atoms with E-state index in [-0.39, 0.29) is 29.3 Å². The number of carbonyl (C=O) groups is 2. The number of nitrogens with one attached hydrogen (secondary N) is 1. The van der Waals surface area contributed by atoms with Crippen LogP contribution in [0.25, 0.3) is 28.0 Å². The summed E-state index contributed by atoms with van der Waals surface area (Å²) in [5.74, 6) is -1.03. The van der Waals surface area contributed by atoms with Crippen molar-refractivity contribution < 1.29 is 27.5 Å². The van der Waals surface area contributed by atoms with Gasteiger partial charge < -0.3 is 10.5 Å². The molecule has 180 valence electrons. The molecule has 4 aromatic rings. The number of hydrogen-bond acceptors (Lipinski definition) is 5. The van der Waals surface area contributed by atoms with Gasteiger partial charge in [0.05, 0.1) is 17.9 Å². The average molecular weight is 504 g/mol. The molecule has 0 atom stereocenters. The van der Waals surface area contributed by atoms with Crippen LogP contribution in [0.2, 0.25) is 5.02 Å². The number of benzene rings is 2. The highest BCUT2D eigenvalue weighted by Crippen LogP contribution is 2.38. The molecule has 0 bridgehead atoms. The third-order valence-corrected chi connectivity index (χ3v) is 5.34. The first kappa shape index (κ1) is 24.0. The maximum absolute atomic E-state index is 13.2. The molecule has 0 radical (unpaired) electrons. The van der Waals surface area contributed by atoms with Crippen LogP contribution in [0.15, 0.2) is 54.7 Å². The number of alkyl halides is 3. The Kier molecular flexibility index (Phi) is 6.35. The molecule has 2 aromatic heterocycles. The van der Waals surface area contributed by atoms with Gasteiger partial charge in [-0.25, -0.2) is 19.1 Å². The summed E-state index contributed by atoms with van der Waals surface area (Å²) in [6.07, 6.45) is -3.11. The van der Waals surface area contributed by atoms with Crippen molar-refractivity contribution in [3.8, 4) is 22.4 Å². The normalized spacial score (nSPS) is 11.5. The van der Waals surface area contributed by atoms with Gasteiger partial charge in [0.2, 0.25) is 0 Å². The number of urea groups is 1. The van der Waals surface area contributed by atoms with Crippen LogP contribution in [0.1, 0.15) is 22.8 Å². The average Bonchev–Trinajstić information content (AvgIpc) is 3.15. The van der Waals surface area contributed by atoms with Crippen LogP contribution < -0.4 is 11.1 Å². The monoisotopic (exact) mass is 503 g/mol. The summed E-state index contributed by atoms with van der Waals surface area (Å²) in [6, 6.07) is 10.2. The smallest absolute Gasteiger partial charge is 0.416 e. The number of ether oxygens (including phenoxy) is 1. The summed E-state index contributed by atoms with van der Waals surface area (Å²) in [5, 5.41) is 6.92. The minimum Gasteiger partial charge on any atom is -0.462 e. The van der Waals surface area contributed by atoms with E-state index >= 15 is 0 Å². The van der Waals surface area contributed by atoms with E-state index in [0.29, 0.717) is 21.7 Å². The Morgan fingerprint density at radius 2 is 1.80 bits per heavy atom. The van der Waals surface area contributed by atoms with Gasteiger partial charge >= 0.3 is 18.2 Å². The standard InChI is InChI=1S/C23H17ClF3N5O3/c1-2-35-21(33)17-19(30-22(28)34)31-32-18(12-7-9-13(10-8-12)23(25,26)27)15(11-29-20(17)32)14-5-3-4-6-16(14)24/h3-11H,2H2,1H3,(H3,28,30,31,34). The molecule has 8 nitrogen and oxygen atoms in total. The Bertz CT molecular complexity index is 1440. The lowest BCUT2D eigenvalue weighted by Gasteiger charge is -2.14.